The van der Waals surface area contributed by atoms with Gasteiger partial charge in [0, 0.05) is 6.07 Å². The van der Waals surface area contributed by atoms with E-state index in [2.05, 4.69) is 0 Å². The molecule has 0 aliphatic carbocycles. The maximum Gasteiger partial charge on any atom is 0.334 e. The topological polar surface area (TPSA) is 44.8 Å². The van der Waals surface area contributed by atoms with E-state index in [1.54, 1.807) is 6.07 Å². The Hall–Kier alpha value is -2.82. The number of hydrogen-bond acceptors (Lipinski definition) is 4. The van der Waals surface area contributed by atoms with Crippen LogP contribution >= 0.6 is 0 Å². The van der Waals surface area contributed by atoms with Crippen LogP contribution in [0.5, 0.6) is 11.5 Å². The van der Waals surface area contributed by atoms with Gasteiger partial charge in [-0.25, -0.2) is 9.18 Å². The van der Waals surface area contributed by atoms with Crippen molar-refractivity contribution in [2.45, 2.75) is 6.61 Å². The fourth-order valence-corrected chi connectivity index (χ4v) is 1.95. The SMILES string of the molecule is COc1ccc(/C(F)=C/C(=O)OCc2ccccc2)c(OC)c1. The molecule has 23 heavy (non-hydrogen) atoms. The van der Waals surface area contributed by atoms with Crippen molar-refractivity contribution in [3.63, 3.8) is 0 Å². The van der Waals surface area contributed by atoms with E-state index in [0.717, 1.165) is 11.6 Å². The third kappa shape index (κ3) is 4.57. The minimum Gasteiger partial charge on any atom is -0.497 e. The van der Waals surface area contributed by atoms with Gasteiger partial charge in [-0.1, -0.05) is 30.3 Å². The molecule has 2 rings (SSSR count). The van der Waals surface area contributed by atoms with Crippen molar-refractivity contribution in [3.05, 3.63) is 65.7 Å². The number of halogens is 1. The molecule has 0 unspecified atom stereocenters. The lowest BCUT2D eigenvalue weighted by molar-refractivity contribution is -0.138. The van der Waals surface area contributed by atoms with Crippen LogP contribution in [-0.4, -0.2) is 20.2 Å². The molecule has 120 valence electrons. The molecule has 0 amide bonds. The molecule has 0 atom stereocenters. The van der Waals surface area contributed by atoms with Crippen LogP contribution < -0.4 is 9.47 Å². The van der Waals surface area contributed by atoms with Crippen LogP contribution in [0.4, 0.5) is 4.39 Å². The molecule has 0 N–H and O–H groups in total. The van der Waals surface area contributed by atoms with E-state index in [1.165, 1.54) is 26.4 Å². The molecule has 4 nitrogen and oxygen atoms in total. The molecule has 2 aromatic rings. The van der Waals surface area contributed by atoms with Crippen LogP contribution in [-0.2, 0) is 16.1 Å². The molecular weight excluding hydrogens is 299 g/mol. The van der Waals surface area contributed by atoms with E-state index in [-0.39, 0.29) is 17.9 Å². The Morgan fingerprint density at radius 3 is 2.48 bits per heavy atom. The molecule has 0 bridgehead atoms. The minimum atomic E-state index is -0.760. The largest absolute Gasteiger partial charge is 0.497 e. The van der Waals surface area contributed by atoms with Crippen LogP contribution in [0.25, 0.3) is 5.83 Å². The van der Waals surface area contributed by atoms with Gasteiger partial charge in [-0.15, -0.1) is 0 Å². The van der Waals surface area contributed by atoms with Gasteiger partial charge in [0.15, 0.2) is 0 Å². The highest BCUT2D eigenvalue weighted by Gasteiger charge is 2.12. The summed E-state index contributed by atoms with van der Waals surface area (Å²) in [5.41, 5.74) is 0.988. The first-order valence-corrected chi connectivity index (χ1v) is 6.94. The number of hydrogen-bond donors (Lipinski definition) is 0. The Balaban J connectivity index is 2.08. The quantitative estimate of drug-likeness (QED) is 0.601. The van der Waals surface area contributed by atoms with Gasteiger partial charge in [0.05, 0.1) is 25.9 Å². The molecule has 2 aromatic carbocycles. The van der Waals surface area contributed by atoms with Crippen molar-refractivity contribution in [2.75, 3.05) is 14.2 Å². The van der Waals surface area contributed by atoms with Crippen LogP contribution in [0.15, 0.2) is 54.6 Å². The second-order valence-electron chi connectivity index (χ2n) is 4.65. The first-order valence-electron chi connectivity index (χ1n) is 6.94. The van der Waals surface area contributed by atoms with Crippen LogP contribution in [0.1, 0.15) is 11.1 Å². The number of carbonyl (C=O) groups excluding carboxylic acids is 1. The number of rotatable bonds is 6. The molecule has 0 spiro atoms. The van der Waals surface area contributed by atoms with Gasteiger partial charge in [0.1, 0.15) is 23.9 Å². The highest BCUT2D eigenvalue weighted by Crippen LogP contribution is 2.30. The predicted octanol–water partition coefficient (Wildman–Crippen LogP) is 3.76. The molecule has 0 heterocycles. The predicted molar refractivity (Wildman–Crippen MR) is 84.9 cm³/mol. The van der Waals surface area contributed by atoms with Gasteiger partial charge in [-0.05, 0) is 17.7 Å². The van der Waals surface area contributed by atoms with Crippen molar-refractivity contribution in [1.29, 1.82) is 0 Å². The lowest BCUT2D eigenvalue weighted by Crippen LogP contribution is -2.02. The fourth-order valence-electron chi connectivity index (χ4n) is 1.95. The summed E-state index contributed by atoms with van der Waals surface area (Å²) in [5, 5.41) is 0. The average Bonchev–Trinajstić information content (AvgIpc) is 2.60. The second-order valence-corrected chi connectivity index (χ2v) is 4.65. The van der Waals surface area contributed by atoms with Gasteiger partial charge in [0.2, 0.25) is 0 Å². The van der Waals surface area contributed by atoms with Gasteiger partial charge in [0.25, 0.3) is 0 Å². The second kappa shape index (κ2) is 7.98. The lowest BCUT2D eigenvalue weighted by Gasteiger charge is -2.09. The van der Waals surface area contributed by atoms with Crippen LogP contribution in [0, 0.1) is 0 Å². The summed E-state index contributed by atoms with van der Waals surface area (Å²) < 4.78 is 29.4. The molecule has 0 saturated carbocycles. The zero-order chi connectivity index (χ0) is 16.7. The third-order valence-electron chi connectivity index (χ3n) is 3.13. The summed E-state index contributed by atoms with van der Waals surface area (Å²) >= 11 is 0. The molecular formula is C18H17FO4. The monoisotopic (exact) mass is 316 g/mol. The van der Waals surface area contributed by atoms with Crippen molar-refractivity contribution < 1.29 is 23.4 Å². The molecule has 0 saturated heterocycles. The van der Waals surface area contributed by atoms with E-state index in [1.807, 2.05) is 30.3 Å². The van der Waals surface area contributed by atoms with E-state index in [9.17, 15) is 9.18 Å². The zero-order valence-corrected chi connectivity index (χ0v) is 12.9. The Bertz CT molecular complexity index is 695. The summed E-state index contributed by atoms with van der Waals surface area (Å²) in [4.78, 5) is 11.7. The number of ether oxygens (including phenoxy) is 3. The minimum absolute atomic E-state index is 0.0865. The molecule has 0 aromatic heterocycles. The van der Waals surface area contributed by atoms with Crippen molar-refractivity contribution >= 4 is 11.8 Å². The Kier molecular flexibility index (Phi) is 5.74. The van der Waals surface area contributed by atoms with E-state index >= 15 is 0 Å². The van der Waals surface area contributed by atoms with Gasteiger partial charge in [-0.2, -0.15) is 0 Å². The summed E-state index contributed by atoms with van der Waals surface area (Å²) in [6.07, 6.45) is 0.799. The van der Waals surface area contributed by atoms with Crippen LogP contribution in [0.3, 0.4) is 0 Å². The molecule has 5 heteroatoms. The van der Waals surface area contributed by atoms with Gasteiger partial charge < -0.3 is 14.2 Å². The molecule has 0 radical (unpaired) electrons. The highest BCUT2D eigenvalue weighted by atomic mass is 19.1. The maximum absolute atomic E-state index is 14.2. The molecule has 0 aliphatic heterocycles. The van der Waals surface area contributed by atoms with Gasteiger partial charge >= 0.3 is 5.97 Å². The summed E-state index contributed by atoms with van der Waals surface area (Å²) in [5.74, 6) is -0.689. The Morgan fingerprint density at radius 2 is 1.83 bits per heavy atom. The summed E-state index contributed by atoms with van der Waals surface area (Å²) in [6.45, 7) is 0.0865. The summed E-state index contributed by atoms with van der Waals surface area (Å²) in [7, 11) is 2.92. The van der Waals surface area contributed by atoms with E-state index < -0.39 is 11.8 Å². The highest BCUT2D eigenvalue weighted by molar-refractivity contribution is 5.90. The average molecular weight is 316 g/mol. The Morgan fingerprint density at radius 1 is 1.09 bits per heavy atom. The maximum atomic E-state index is 14.2. The van der Waals surface area contributed by atoms with Crippen molar-refractivity contribution in [3.8, 4) is 11.5 Å². The van der Waals surface area contributed by atoms with Gasteiger partial charge in [-0.3, -0.25) is 0 Å². The Labute approximate surface area is 134 Å². The number of carbonyl (C=O) groups is 1. The third-order valence-corrected chi connectivity index (χ3v) is 3.13. The standard InChI is InChI=1S/C18H17FO4/c1-21-14-8-9-15(17(10-14)22-2)16(19)11-18(20)23-12-13-6-4-3-5-7-13/h3-11H,12H2,1-2H3/b16-11-. The first-order chi connectivity index (χ1) is 11.1. The number of esters is 1. The smallest absolute Gasteiger partial charge is 0.334 e. The van der Waals surface area contributed by atoms with Crippen molar-refractivity contribution in [1.82, 2.24) is 0 Å². The lowest BCUT2D eigenvalue weighted by atomic mass is 10.1. The van der Waals surface area contributed by atoms with E-state index in [4.69, 9.17) is 14.2 Å². The zero-order valence-electron chi connectivity index (χ0n) is 12.9. The molecule has 0 aliphatic rings. The number of benzene rings is 2. The normalized spacial score (nSPS) is 11.0. The molecule has 0 fully saturated rings. The fraction of sp³-hybridized carbons (Fsp3) is 0.167. The summed E-state index contributed by atoms with van der Waals surface area (Å²) in [6, 6.07) is 13.8. The van der Waals surface area contributed by atoms with E-state index in [0.29, 0.717) is 5.75 Å². The van der Waals surface area contributed by atoms with Crippen molar-refractivity contribution in [2.24, 2.45) is 0 Å². The first kappa shape index (κ1) is 16.5. The number of methoxy groups -OCH3 is 2. The van der Waals surface area contributed by atoms with Crippen LogP contribution in [0.2, 0.25) is 0 Å².